The molecule has 1 heterocycles. The van der Waals surface area contributed by atoms with Crippen molar-refractivity contribution in [3.8, 4) is 0 Å². The quantitative estimate of drug-likeness (QED) is 0.713. The van der Waals surface area contributed by atoms with E-state index in [2.05, 4.69) is 37.0 Å². The first-order chi connectivity index (χ1) is 7.68. The zero-order valence-corrected chi connectivity index (χ0v) is 10.2. The molecule has 2 aromatic rings. The minimum Gasteiger partial charge on any atom is -0.282 e. The molecule has 0 amide bonds. The largest absolute Gasteiger partial charge is 0.282 e. The molecule has 0 fully saturated rings. The van der Waals surface area contributed by atoms with Crippen molar-refractivity contribution in [2.75, 3.05) is 0 Å². The fraction of sp³-hybridized carbons (Fsp3) is 0.500. The summed E-state index contributed by atoms with van der Waals surface area (Å²) in [7, 11) is 0. The molecular formula is C14H18N2. The van der Waals surface area contributed by atoms with Crippen LogP contribution in [-0.2, 0) is 6.42 Å². The number of hydrogen-bond donors (Lipinski definition) is 1. The Hall–Kier alpha value is -1.31. The molecule has 0 bridgehead atoms. The minimum absolute atomic E-state index is 0.711. The Labute approximate surface area is 96.1 Å². The zero-order chi connectivity index (χ0) is 11.3. The van der Waals surface area contributed by atoms with Gasteiger partial charge in [-0.25, -0.2) is 0 Å². The van der Waals surface area contributed by atoms with Gasteiger partial charge in [0.25, 0.3) is 0 Å². The number of hydrogen-bond acceptors (Lipinski definition) is 1. The lowest BCUT2D eigenvalue weighted by molar-refractivity contribution is 0.588. The summed E-state index contributed by atoms with van der Waals surface area (Å²) in [5, 5.41) is 8.83. The van der Waals surface area contributed by atoms with E-state index in [1.807, 2.05) is 0 Å². The molecule has 0 saturated heterocycles. The number of nitrogens with one attached hydrogen (secondary N) is 1. The fourth-order valence-corrected chi connectivity index (χ4v) is 3.28. The summed E-state index contributed by atoms with van der Waals surface area (Å²) in [5.74, 6) is 0.711. The first-order valence-corrected chi connectivity index (χ1v) is 6.15. The first-order valence-electron chi connectivity index (χ1n) is 6.15. The van der Waals surface area contributed by atoms with E-state index in [0.717, 1.165) is 5.52 Å². The van der Waals surface area contributed by atoms with Gasteiger partial charge in [-0.2, -0.15) is 5.10 Å². The molecule has 1 aliphatic carbocycles. The number of aromatic amines is 1. The predicted molar refractivity (Wildman–Crippen MR) is 66.9 cm³/mol. The molecule has 2 heteroatoms. The summed E-state index contributed by atoms with van der Waals surface area (Å²) >= 11 is 0. The standard InChI is InChI=1S/C14H18N2/c1-8-5-4-6-11-7-12-14(9(2)13(8)11)10(3)15-16-12/h7-8H,4-6H2,1-3H3,(H,15,16). The van der Waals surface area contributed by atoms with E-state index >= 15 is 0 Å². The molecule has 1 N–H and O–H groups in total. The van der Waals surface area contributed by atoms with Gasteiger partial charge in [-0.05, 0) is 61.8 Å². The van der Waals surface area contributed by atoms with E-state index in [0.29, 0.717) is 5.92 Å². The summed E-state index contributed by atoms with van der Waals surface area (Å²) in [6, 6.07) is 2.29. The lowest BCUT2D eigenvalue weighted by Gasteiger charge is -2.24. The summed E-state index contributed by atoms with van der Waals surface area (Å²) in [5.41, 5.74) is 6.90. The number of nitrogens with zero attached hydrogens (tertiary/aromatic N) is 1. The van der Waals surface area contributed by atoms with Gasteiger partial charge in [0.2, 0.25) is 0 Å². The molecule has 0 radical (unpaired) electrons. The van der Waals surface area contributed by atoms with Crippen molar-refractivity contribution in [2.45, 2.75) is 46.0 Å². The number of rotatable bonds is 0. The third-order valence-corrected chi connectivity index (χ3v) is 3.99. The van der Waals surface area contributed by atoms with E-state index in [9.17, 15) is 0 Å². The van der Waals surface area contributed by atoms with E-state index < -0.39 is 0 Å². The summed E-state index contributed by atoms with van der Waals surface area (Å²) in [6.45, 7) is 6.72. The van der Waals surface area contributed by atoms with E-state index in [1.165, 1.54) is 41.5 Å². The number of benzene rings is 1. The molecule has 1 aliphatic rings. The van der Waals surface area contributed by atoms with Crippen molar-refractivity contribution in [3.05, 3.63) is 28.5 Å². The molecule has 1 atom stereocenters. The summed E-state index contributed by atoms with van der Waals surface area (Å²) in [4.78, 5) is 0. The van der Waals surface area contributed by atoms with Crippen LogP contribution in [0, 0.1) is 13.8 Å². The van der Waals surface area contributed by atoms with Crippen molar-refractivity contribution in [1.29, 1.82) is 0 Å². The van der Waals surface area contributed by atoms with Crippen LogP contribution >= 0.6 is 0 Å². The predicted octanol–water partition coefficient (Wildman–Crippen LogP) is 3.62. The smallest absolute Gasteiger partial charge is 0.0929 e. The van der Waals surface area contributed by atoms with E-state index in [4.69, 9.17) is 0 Å². The van der Waals surface area contributed by atoms with Gasteiger partial charge in [-0.1, -0.05) is 6.92 Å². The van der Waals surface area contributed by atoms with Crippen LogP contribution < -0.4 is 0 Å². The average molecular weight is 214 g/mol. The van der Waals surface area contributed by atoms with E-state index in [1.54, 1.807) is 5.56 Å². The highest BCUT2D eigenvalue weighted by Gasteiger charge is 2.21. The highest BCUT2D eigenvalue weighted by atomic mass is 15.1. The SMILES string of the molecule is Cc1[nH]nc2cc3c(c(C)c12)C(C)CCC3. The molecule has 0 aliphatic heterocycles. The third-order valence-electron chi connectivity index (χ3n) is 3.99. The van der Waals surface area contributed by atoms with Gasteiger partial charge >= 0.3 is 0 Å². The lowest BCUT2D eigenvalue weighted by atomic mass is 9.80. The second-order valence-electron chi connectivity index (χ2n) is 5.11. The van der Waals surface area contributed by atoms with Crippen LogP contribution in [0.3, 0.4) is 0 Å². The van der Waals surface area contributed by atoms with Crippen LogP contribution in [0.25, 0.3) is 10.9 Å². The van der Waals surface area contributed by atoms with Crippen LogP contribution in [0.2, 0.25) is 0 Å². The molecule has 0 spiro atoms. The third kappa shape index (κ3) is 1.22. The second-order valence-corrected chi connectivity index (χ2v) is 5.11. The molecule has 1 aromatic carbocycles. The molecule has 1 aromatic heterocycles. The van der Waals surface area contributed by atoms with Gasteiger partial charge in [0, 0.05) is 11.1 Å². The van der Waals surface area contributed by atoms with Crippen LogP contribution in [0.5, 0.6) is 0 Å². The highest BCUT2D eigenvalue weighted by molar-refractivity contribution is 5.87. The van der Waals surface area contributed by atoms with Crippen LogP contribution in [-0.4, -0.2) is 10.2 Å². The van der Waals surface area contributed by atoms with Crippen molar-refractivity contribution in [2.24, 2.45) is 0 Å². The summed E-state index contributed by atoms with van der Waals surface area (Å²) < 4.78 is 0. The molecular weight excluding hydrogens is 196 g/mol. The molecule has 2 nitrogen and oxygen atoms in total. The number of H-pyrrole nitrogens is 1. The Morgan fingerprint density at radius 2 is 2.19 bits per heavy atom. The van der Waals surface area contributed by atoms with Crippen molar-refractivity contribution >= 4 is 10.9 Å². The Bertz CT molecular complexity index is 551. The van der Waals surface area contributed by atoms with Crippen molar-refractivity contribution in [1.82, 2.24) is 10.2 Å². The Morgan fingerprint density at radius 1 is 1.38 bits per heavy atom. The highest BCUT2D eigenvalue weighted by Crippen LogP contribution is 2.37. The maximum atomic E-state index is 4.39. The lowest BCUT2D eigenvalue weighted by Crippen LogP contribution is -2.09. The maximum Gasteiger partial charge on any atom is 0.0929 e. The second kappa shape index (κ2) is 3.34. The molecule has 16 heavy (non-hydrogen) atoms. The average Bonchev–Trinajstić information content (AvgIpc) is 2.60. The zero-order valence-electron chi connectivity index (χ0n) is 10.2. The van der Waals surface area contributed by atoms with E-state index in [-0.39, 0.29) is 0 Å². The van der Waals surface area contributed by atoms with Gasteiger partial charge in [-0.15, -0.1) is 0 Å². The Balaban J connectivity index is 2.38. The Kier molecular flexibility index (Phi) is 2.06. The number of aryl methyl sites for hydroxylation is 3. The van der Waals surface area contributed by atoms with Crippen molar-refractivity contribution < 1.29 is 0 Å². The van der Waals surface area contributed by atoms with Crippen molar-refractivity contribution in [3.63, 3.8) is 0 Å². The van der Waals surface area contributed by atoms with Crippen LogP contribution in [0.15, 0.2) is 6.07 Å². The topological polar surface area (TPSA) is 28.7 Å². The maximum absolute atomic E-state index is 4.39. The first kappa shape index (κ1) is 9.88. The van der Waals surface area contributed by atoms with Crippen LogP contribution in [0.1, 0.15) is 48.1 Å². The Morgan fingerprint density at radius 3 is 3.00 bits per heavy atom. The van der Waals surface area contributed by atoms with Gasteiger partial charge in [0.05, 0.1) is 5.52 Å². The van der Waals surface area contributed by atoms with Gasteiger partial charge in [0.1, 0.15) is 0 Å². The summed E-state index contributed by atoms with van der Waals surface area (Å²) in [6.07, 6.45) is 3.88. The molecule has 84 valence electrons. The number of aromatic nitrogens is 2. The minimum atomic E-state index is 0.711. The van der Waals surface area contributed by atoms with Gasteiger partial charge < -0.3 is 0 Å². The molecule has 1 unspecified atom stereocenters. The molecule has 0 saturated carbocycles. The van der Waals surface area contributed by atoms with Gasteiger partial charge in [0.15, 0.2) is 0 Å². The van der Waals surface area contributed by atoms with Gasteiger partial charge in [-0.3, -0.25) is 5.10 Å². The normalized spacial score (nSPS) is 20.1. The number of fused-ring (bicyclic) bond motifs is 2. The van der Waals surface area contributed by atoms with Crippen LogP contribution in [0.4, 0.5) is 0 Å². The molecule has 3 rings (SSSR count). The fourth-order valence-electron chi connectivity index (χ4n) is 3.28. The monoisotopic (exact) mass is 214 g/mol.